The topological polar surface area (TPSA) is 39.7 Å². The smallest absolute Gasteiger partial charge is 0.334 e. The monoisotopic (exact) mass is 291 g/mol. The van der Waals surface area contributed by atoms with Crippen molar-refractivity contribution in [2.45, 2.75) is 57.7 Å². The summed E-state index contributed by atoms with van der Waals surface area (Å²) in [5, 5.41) is 3.61. The van der Waals surface area contributed by atoms with Crippen LogP contribution in [0, 0.1) is 0 Å². The molecule has 0 amide bonds. The zero-order valence-corrected chi connectivity index (χ0v) is 14.6. The normalized spacial score (nSPS) is 35.5. The van der Waals surface area contributed by atoms with Gasteiger partial charge in [0, 0.05) is 5.67 Å². The quantitative estimate of drug-likeness (QED) is 0.752. The van der Waals surface area contributed by atoms with Crippen molar-refractivity contribution in [3.8, 4) is 0 Å². The highest BCUT2D eigenvalue weighted by Gasteiger charge is 2.56. The molecule has 0 saturated carbocycles. The first-order valence-corrected chi connectivity index (χ1v) is 14.6. The Morgan fingerprint density at radius 3 is 1.94 bits per heavy atom. The molecule has 0 aromatic heterocycles. The van der Waals surface area contributed by atoms with Crippen LogP contribution in [0.15, 0.2) is 0 Å². The standard InChI is InChI=1S/C10H25NO3Si3/c1-15(2)12-16(3,4)14-17(5,13-15)10-8-6-7-9-11-10/h10-11H,6-9H2,1-5H3. The Kier molecular flexibility index (Phi) is 3.72. The minimum Gasteiger partial charge on any atom is -0.416 e. The number of rotatable bonds is 1. The molecule has 1 atom stereocenters. The van der Waals surface area contributed by atoms with Crippen LogP contribution in [0.25, 0.3) is 0 Å². The minimum absolute atomic E-state index is 0.443. The van der Waals surface area contributed by atoms with E-state index >= 15 is 0 Å². The van der Waals surface area contributed by atoms with Crippen LogP contribution in [-0.2, 0) is 12.3 Å². The van der Waals surface area contributed by atoms with Gasteiger partial charge >= 0.3 is 25.7 Å². The van der Waals surface area contributed by atoms with Crippen LogP contribution in [0.2, 0.25) is 32.7 Å². The molecule has 7 heteroatoms. The van der Waals surface area contributed by atoms with Gasteiger partial charge in [0.2, 0.25) is 0 Å². The minimum atomic E-state index is -2.12. The summed E-state index contributed by atoms with van der Waals surface area (Å²) >= 11 is 0. The van der Waals surface area contributed by atoms with Crippen molar-refractivity contribution < 1.29 is 12.3 Å². The lowest BCUT2D eigenvalue weighted by atomic mass is 10.2. The highest BCUT2D eigenvalue weighted by molar-refractivity contribution is 6.93. The van der Waals surface area contributed by atoms with Gasteiger partial charge in [-0.15, -0.1) is 0 Å². The average molecular weight is 292 g/mol. The molecule has 4 nitrogen and oxygen atoms in total. The summed E-state index contributed by atoms with van der Waals surface area (Å²) in [5.74, 6) is 0. The molecule has 0 spiro atoms. The van der Waals surface area contributed by atoms with Crippen LogP contribution in [0.4, 0.5) is 0 Å². The van der Waals surface area contributed by atoms with Crippen molar-refractivity contribution in [1.82, 2.24) is 5.32 Å². The summed E-state index contributed by atoms with van der Waals surface area (Å²) in [7, 11) is -6.09. The summed E-state index contributed by atoms with van der Waals surface area (Å²) < 4.78 is 18.8. The molecule has 1 N–H and O–H groups in total. The van der Waals surface area contributed by atoms with E-state index in [-0.39, 0.29) is 0 Å². The molecule has 17 heavy (non-hydrogen) atoms. The zero-order valence-electron chi connectivity index (χ0n) is 11.6. The maximum Gasteiger partial charge on any atom is 0.334 e. The third kappa shape index (κ3) is 3.28. The Labute approximate surface area is 108 Å². The summed E-state index contributed by atoms with van der Waals surface area (Å²) in [6, 6.07) is 0. The van der Waals surface area contributed by atoms with E-state index < -0.39 is 25.7 Å². The van der Waals surface area contributed by atoms with Gasteiger partial charge in [-0.05, 0) is 52.1 Å². The molecule has 2 aliphatic rings. The Balaban J connectivity index is 2.17. The SMILES string of the molecule is C[Si]1(C)O[Si](C)(C)O[Si](C)(C2CCCCN2)O1. The molecule has 2 aliphatic heterocycles. The van der Waals surface area contributed by atoms with Gasteiger partial charge in [0.25, 0.3) is 0 Å². The fourth-order valence-corrected chi connectivity index (χ4v) is 19.6. The summed E-state index contributed by atoms with van der Waals surface area (Å²) in [6.45, 7) is 11.9. The van der Waals surface area contributed by atoms with Crippen LogP contribution >= 0.6 is 0 Å². The molecule has 2 fully saturated rings. The first-order chi connectivity index (χ1) is 7.73. The molecule has 0 radical (unpaired) electrons. The molecule has 2 saturated heterocycles. The number of nitrogens with one attached hydrogen (secondary N) is 1. The molecule has 0 aliphatic carbocycles. The molecule has 1 unspecified atom stereocenters. The molecule has 0 bridgehead atoms. The first kappa shape index (κ1) is 13.9. The average Bonchev–Trinajstić information content (AvgIpc) is 2.13. The van der Waals surface area contributed by atoms with E-state index in [4.69, 9.17) is 12.3 Å². The van der Waals surface area contributed by atoms with E-state index in [2.05, 4.69) is 38.1 Å². The van der Waals surface area contributed by atoms with Gasteiger partial charge in [-0.25, -0.2) is 0 Å². The number of hydrogen-bond acceptors (Lipinski definition) is 4. The van der Waals surface area contributed by atoms with Gasteiger partial charge < -0.3 is 17.7 Å². The van der Waals surface area contributed by atoms with Crippen molar-refractivity contribution in [2.24, 2.45) is 0 Å². The summed E-state index contributed by atoms with van der Waals surface area (Å²) in [5.41, 5.74) is 0.443. The molecule has 2 rings (SSSR count). The maximum absolute atomic E-state index is 6.34. The lowest BCUT2D eigenvalue weighted by Crippen LogP contribution is -2.72. The molecular formula is C10H25NO3Si3. The fourth-order valence-electron chi connectivity index (χ4n) is 3.07. The zero-order chi connectivity index (χ0) is 12.7. The maximum atomic E-state index is 6.34. The van der Waals surface area contributed by atoms with Crippen LogP contribution in [-0.4, -0.2) is 37.9 Å². The van der Waals surface area contributed by atoms with Crippen LogP contribution in [0.3, 0.4) is 0 Å². The molecule has 0 aromatic carbocycles. The first-order valence-electron chi connectivity index (χ1n) is 6.56. The van der Waals surface area contributed by atoms with Crippen molar-refractivity contribution in [3.63, 3.8) is 0 Å². The van der Waals surface area contributed by atoms with Crippen molar-refractivity contribution in [1.29, 1.82) is 0 Å². The Bertz CT molecular complexity index is 277. The second-order valence-electron chi connectivity index (χ2n) is 6.12. The third-order valence-electron chi connectivity index (χ3n) is 3.33. The second-order valence-corrected chi connectivity index (χ2v) is 16.9. The lowest BCUT2D eigenvalue weighted by molar-refractivity contribution is 0.212. The van der Waals surface area contributed by atoms with Gasteiger partial charge in [0.1, 0.15) is 0 Å². The highest BCUT2D eigenvalue weighted by atomic mass is 28.5. The van der Waals surface area contributed by atoms with E-state index in [1.165, 1.54) is 19.3 Å². The van der Waals surface area contributed by atoms with Crippen LogP contribution < -0.4 is 5.32 Å². The van der Waals surface area contributed by atoms with E-state index in [9.17, 15) is 0 Å². The lowest BCUT2D eigenvalue weighted by Gasteiger charge is -2.51. The predicted molar refractivity (Wildman–Crippen MR) is 75.5 cm³/mol. The molecule has 100 valence electrons. The van der Waals surface area contributed by atoms with Gasteiger partial charge in [-0.1, -0.05) is 6.42 Å². The van der Waals surface area contributed by atoms with Crippen LogP contribution in [0.1, 0.15) is 19.3 Å². The summed E-state index contributed by atoms with van der Waals surface area (Å²) in [4.78, 5) is 0. The van der Waals surface area contributed by atoms with Gasteiger partial charge in [0.15, 0.2) is 0 Å². The number of hydrogen-bond donors (Lipinski definition) is 1. The van der Waals surface area contributed by atoms with E-state index in [1.54, 1.807) is 0 Å². The Morgan fingerprint density at radius 1 is 0.882 bits per heavy atom. The van der Waals surface area contributed by atoms with Gasteiger partial charge in [0.05, 0.1) is 0 Å². The van der Waals surface area contributed by atoms with Gasteiger partial charge in [-0.2, -0.15) is 0 Å². The Hall–Kier alpha value is 0.491. The second kappa shape index (κ2) is 4.55. The largest absolute Gasteiger partial charge is 0.416 e. The predicted octanol–water partition coefficient (Wildman–Crippen LogP) is 2.21. The highest BCUT2D eigenvalue weighted by Crippen LogP contribution is 2.34. The van der Waals surface area contributed by atoms with E-state index in [0.717, 1.165) is 6.54 Å². The van der Waals surface area contributed by atoms with E-state index in [0.29, 0.717) is 5.67 Å². The third-order valence-corrected chi connectivity index (χ3v) is 16.2. The van der Waals surface area contributed by atoms with Crippen molar-refractivity contribution in [3.05, 3.63) is 0 Å². The van der Waals surface area contributed by atoms with Crippen molar-refractivity contribution >= 4 is 25.7 Å². The van der Waals surface area contributed by atoms with E-state index in [1.807, 2.05) is 0 Å². The fraction of sp³-hybridized carbons (Fsp3) is 1.00. The van der Waals surface area contributed by atoms with Gasteiger partial charge in [-0.3, -0.25) is 0 Å². The summed E-state index contributed by atoms with van der Waals surface area (Å²) in [6.07, 6.45) is 3.76. The van der Waals surface area contributed by atoms with Crippen LogP contribution in [0.5, 0.6) is 0 Å². The number of piperidine rings is 1. The molecule has 2 heterocycles. The van der Waals surface area contributed by atoms with Crippen molar-refractivity contribution in [2.75, 3.05) is 6.54 Å². The Morgan fingerprint density at radius 2 is 1.47 bits per heavy atom. The molecular weight excluding hydrogens is 266 g/mol. The molecule has 0 aromatic rings.